The van der Waals surface area contributed by atoms with Gasteiger partial charge in [0.2, 0.25) is 0 Å². The van der Waals surface area contributed by atoms with Crippen LogP contribution in [0.2, 0.25) is 0 Å². The highest BCUT2D eigenvalue weighted by Gasteiger charge is 2.32. The summed E-state index contributed by atoms with van der Waals surface area (Å²) in [5.41, 5.74) is 3.75. The first-order chi connectivity index (χ1) is 18.2. The Morgan fingerprint density at radius 1 is 1.05 bits per heavy atom. The second-order valence-corrected chi connectivity index (χ2v) is 11.6. The number of piperidine rings is 1. The van der Waals surface area contributed by atoms with E-state index in [1.165, 1.54) is 4.57 Å². The lowest BCUT2D eigenvalue weighted by molar-refractivity contribution is -0.139. The summed E-state index contributed by atoms with van der Waals surface area (Å²) in [4.78, 5) is 3.48. The van der Waals surface area contributed by atoms with Crippen LogP contribution in [0.3, 0.4) is 0 Å². The molecule has 2 N–H and O–H groups in total. The number of rotatable bonds is 9. The number of nitrogens with one attached hydrogen (secondary N) is 2. The molecule has 5 rings (SSSR count). The molecule has 2 aliphatic rings. The maximum atomic E-state index is 13.3. The van der Waals surface area contributed by atoms with E-state index in [1.54, 1.807) is 25.1 Å². The predicted molar refractivity (Wildman–Crippen MR) is 151 cm³/mol. The van der Waals surface area contributed by atoms with Gasteiger partial charge in [0, 0.05) is 34.8 Å². The van der Waals surface area contributed by atoms with Crippen molar-refractivity contribution in [3.8, 4) is 5.75 Å². The first kappa shape index (κ1) is 27.1. The van der Waals surface area contributed by atoms with Gasteiger partial charge in [-0.25, -0.2) is 0 Å². The van der Waals surface area contributed by atoms with E-state index < -0.39 is 12.7 Å². The Morgan fingerprint density at radius 3 is 2.50 bits per heavy atom. The molecule has 5 nitrogen and oxygen atoms in total. The van der Waals surface area contributed by atoms with Crippen molar-refractivity contribution in [1.82, 2.24) is 9.47 Å². The largest absolute Gasteiger partial charge is 0.495 e. The molecule has 1 aliphatic heterocycles. The second-order valence-electron chi connectivity index (χ2n) is 10.8. The Labute approximate surface area is 227 Å². The summed E-state index contributed by atoms with van der Waals surface area (Å²) in [6.45, 7) is 1.93. The molecule has 2 aromatic carbocycles. The first-order valence-electron chi connectivity index (χ1n) is 13.3. The van der Waals surface area contributed by atoms with Crippen molar-refractivity contribution < 1.29 is 17.9 Å². The van der Waals surface area contributed by atoms with Gasteiger partial charge < -0.3 is 24.8 Å². The predicted octanol–water partition coefficient (Wildman–Crippen LogP) is 7.05. The number of alkyl halides is 3. The third-order valence-electron chi connectivity index (χ3n) is 8.04. The van der Waals surface area contributed by atoms with Crippen LogP contribution in [0.15, 0.2) is 47.5 Å². The van der Waals surface area contributed by atoms with Crippen molar-refractivity contribution in [2.45, 2.75) is 55.3 Å². The van der Waals surface area contributed by atoms with Crippen LogP contribution in [0.5, 0.6) is 5.75 Å². The van der Waals surface area contributed by atoms with E-state index in [0.717, 1.165) is 78.3 Å². The maximum Gasteiger partial charge on any atom is 0.406 e. The summed E-state index contributed by atoms with van der Waals surface area (Å²) in [5.74, 6) is 1.69. The number of nitrogens with zero attached hydrogens (tertiary/aromatic N) is 2. The van der Waals surface area contributed by atoms with Crippen molar-refractivity contribution in [3.05, 3.63) is 48.2 Å². The summed E-state index contributed by atoms with van der Waals surface area (Å²) in [6.07, 6.45) is 3.45. The van der Waals surface area contributed by atoms with Gasteiger partial charge in [0.05, 0.1) is 18.3 Å². The van der Waals surface area contributed by atoms with Crippen LogP contribution in [0, 0.1) is 5.92 Å². The van der Waals surface area contributed by atoms with Gasteiger partial charge in [-0.1, -0.05) is 0 Å². The van der Waals surface area contributed by atoms with Crippen LogP contribution in [0.4, 0.5) is 24.5 Å². The number of halogens is 3. The molecule has 0 radical (unpaired) electrons. The van der Waals surface area contributed by atoms with Gasteiger partial charge in [0.25, 0.3) is 0 Å². The van der Waals surface area contributed by atoms with Gasteiger partial charge in [0.1, 0.15) is 12.3 Å². The van der Waals surface area contributed by atoms with Crippen LogP contribution in [-0.2, 0) is 6.54 Å². The molecule has 1 saturated heterocycles. The number of ether oxygens (including phenoxy) is 1. The zero-order valence-corrected chi connectivity index (χ0v) is 23.1. The fourth-order valence-corrected chi connectivity index (χ4v) is 6.18. The Morgan fingerprint density at radius 2 is 1.82 bits per heavy atom. The van der Waals surface area contributed by atoms with Gasteiger partial charge in [-0.15, -0.1) is 11.8 Å². The highest BCUT2D eigenvalue weighted by molar-refractivity contribution is 7.98. The van der Waals surface area contributed by atoms with Crippen molar-refractivity contribution >= 4 is 34.0 Å². The molecule has 206 valence electrons. The summed E-state index contributed by atoms with van der Waals surface area (Å²) in [5, 5.41) is 8.10. The molecule has 38 heavy (non-hydrogen) atoms. The zero-order chi connectivity index (χ0) is 26.9. The smallest absolute Gasteiger partial charge is 0.406 e. The summed E-state index contributed by atoms with van der Waals surface area (Å²) in [6, 6.07) is 12.5. The molecule has 0 unspecified atom stereocenters. The standard InChI is InChI=1S/C29H37F3N4OS/c1-35-9-6-22(7-10-35)34-26-14-21(15-27-24(26)8-11-36(27)18-29(30,31)32)20-12-19(13-20)17-33-25-5-4-23(38-3)16-28(25)37-2/h4-5,8,11,14-16,19-20,22,33-34H,6-7,9-10,12-13,17-18H2,1-3H3. The van der Waals surface area contributed by atoms with E-state index >= 15 is 0 Å². The molecule has 2 fully saturated rings. The number of methoxy groups -OCH3 is 1. The van der Waals surface area contributed by atoms with E-state index in [4.69, 9.17) is 4.74 Å². The summed E-state index contributed by atoms with van der Waals surface area (Å²) in [7, 11) is 3.81. The normalized spacial score (nSPS) is 20.9. The van der Waals surface area contributed by atoms with Gasteiger partial charge in [0.15, 0.2) is 0 Å². The number of hydrogen-bond acceptors (Lipinski definition) is 5. The van der Waals surface area contributed by atoms with Crippen LogP contribution in [0.1, 0.15) is 37.2 Å². The molecule has 1 saturated carbocycles. The first-order valence-corrected chi connectivity index (χ1v) is 14.6. The van der Waals surface area contributed by atoms with E-state index in [0.29, 0.717) is 23.4 Å². The molecular formula is C29H37F3N4OS. The topological polar surface area (TPSA) is 41.5 Å². The molecule has 1 aliphatic carbocycles. The van der Waals surface area contributed by atoms with Gasteiger partial charge in [-0.3, -0.25) is 0 Å². The van der Waals surface area contributed by atoms with Gasteiger partial charge >= 0.3 is 6.18 Å². The minimum absolute atomic E-state index is 0.335. The van der Waals surface area contributed by atoms with Crippen LogP contribution >= 0.6 is 11.8 Å². The Balaban J connectivity index is 1.31. The monoisotopic (exact) mass is 546 g/mol. The average molecular weight is 547 g/mol. The molecule has 0 amide bonds. The number of hydrogen-bond donors (Lipinski definition) is 2. The summed E-state index contributed by atoms with van der Waals surface area (Å²) < 4.78 is 46.8. The molecule has 0 bridgehead atoms. The minimum Gasteiger partial charge on any atom is -0.495 e. The second kappa shape index (κ2) is 11.3. The van der Waals surface area contributed by atoms with E-state index in [1.807, 2.05) is 24.5 Å². The van der Waals surface area contributed by atoms with Crippen LogP contribution < -0.4 is 15.4 Å². The van der Waals surface area contributed by atoms with Crippen molar-refractivity contribution in [1.29, 1.82) is 0 Å². The Hall–Kier alpha value is -2.52. The quantitative estimate of drug-likeness (QED) is 0.282. The minimum atomic E-state index is -4.26. The number of fused-ring (bicyclic) bond motifs is 1. The number of benzene rings is 2. The van der Waals surface area contributed by atoms with Gasteiger partial charge in [-0.2, -0.15) is 13.2 Å². The summed E-state index contributed by atoms with van der Waals surface area (Å²) >= 11 is 1.68. The number of thioether (sulfide) groups is 1. The SMILES string of the molecule is COc1cc(SC)ccc1NCC1CC(c2cc(NC3CCN(C)CC3)c3ccn(CC(F)(F)F)c3c2)C1. The molecule has 0 spiro atoms. The highest BCUT2D eigenvalue weighted by Crippen LogP contribution is 2.44. The lowest BCUT2D eigenvalue weighted by atomic mass is 9.71. The van der Waals surface area contributed by atoms with E-state index in [9.17, 15) is 13.2 Å². The van der Waals surface area contributed by atoms with Crippen molar-refractivity contribution in [2.24, 2.45) is 5.92 Å². The lowest BCUT2D eigenvalue weighted by Crippen LogP contribution is -2.36. The lowest BCUT2D eigenvalue weighted by Gasteiger charge is -2.37. The molecule has 1 aromatic heterocycles. The molecule has 3 aromatic rings. The maximum absolute atomic E-state index is 13.3. The molecule has 9 heteroatoms. The Bertz CT molecular complexity index is 1250. The number of anilines is 2. The number of aromatic nitrogens is 1. The fraction of sp³-hybridized carbons (Fsp3) is 0.517. The average Bonchev–Trinajstić information content (AvgIpc) is 3.25. The van der Waals surface area contributed by atoms with Crippen LogP contribution in [0.25, 0.3) is 10.9 Å². The van der Waals surface area contributed by atoms with Gasteiger partial charge in [-0.05, 0) is 106 Å². The Kier molecular flexibility index (Phi) is 8.05. The number of likely N-dealkylation sites (tertiary alicyclic amines) is 1. The van der Waals surface area contributed by atoms with Crippen LogP contribution in [-0.4, -0.2) is 61.7 Å². The van der Waals surface area contributed by atoms with Crippen molar-refractivity contribution in [3.63, 3.8) is 0 Å². The molecule has 0 atom stereocenters. The fourth-order valence-electron chi connectivity index (χ4n) is 5.75. The molecular weight excluding hydrogens is 509 g/mol. The third-order valence-corrected chi connectivity index (χ3v) is 8.76. The van der Waals surface area contributed by atoms with E-state index in [-0.39, 0.29) is 0 Å². The zero-order valence-electron chi connectivity index (χ0n) is 22.3. The third kappa shape index (κ3) is 6.20. The highest BCUT2D eigenvalue weighted by atomic mass is 32.2. The van der Waals surface area contributed by atoms with Crippen molar-refractivity contribution in [2.75, 3.05) is 50.7 Å². The molecule has 2 heterocycles. The van der Waals surface area contributed by atoms with E-state index in [2.05, 4.69) is 40.8 Å².